The summed E-state index contributed by atoms with van der Waals surface area (Å²) in [7, 11) is 5.30. The van der Waals surface area contributed by atoms with Crippen LogP contribution in [0.1, 0.15) is 128 Å². The monoisotopic (exact) mass is 819 g/mol. The van der Waals surface area contributed by atoms with E-state index in [2.05, 4.69) is 12.2 Å². The maximum absolute atomic E-state index is 14.4. The van der Waals surface area contributed by atoms with Gasteiger partial charge in [-0.2, -0.15) is 0 Å². The smallest absolute Gasteiger partial charge is 0.311 e. The lowest BCUT2D eigenvalue weighted by Crippen LogP contribution is -2.62. The van der Waals surface area contributed by atoms with Crippen LogP contribution in [0.4, 0.5) is 0 Å². The molecule has 0 spiro atoms. The number of esters is 1. The van der Waals surface area contributed by atoms with Gasteiger partial charge in [-0.15, -0.1) is 0 Å². The molecule has 3 fully saturated rings. The molecule has 3 saturated heterocycles. The minimum absolute atomic E-state index is 0.132. The molecule has 14 heteroatoms. The quantitative estimate of drug-likeness (QED) is 0.117. The normalized spacial score (nSPS) is 47.1. The van der Waals surface area contributed by atoms with E-state index in [4.69, 9.17) is 28.4 Å². The number of nitrogens with zero attached hydrogens (tertiary/aromatic N) is 1. The van der Waals surface area contributed by atoms with Crippen LogP contribution in [0.15, 0.2) is 0 Å². The molecular weight excluding hydrogens is 736 g/mol. The lowest BCUT2D eigenvalue weighted by Gasteiger charge is -2.49. The summed E-state index contributed by atoms with van der Waals surface area (Å²) >= 11 is 0. The van der Waals surface area contributed by atoms with Crippen LogP contribution < -0.4 is 5.32 Å². The van der Waals surface area contributed by atoms with Gasteiger partial charge in [0.15, 0.2) is 12.6 Å². The van der Waals surface area contributed by atoms with Crippen molar-refractivity contribution in [1.29, 1.82) is 0 Å². The molecule has 0 aromatic heterocycles. The number of cyclic esters (lactones) is 1. The molecule has 6 N–H and O–H groups in total. The van der Waals surface area contributed by atoms with Gasteiger partial charge >= 0.3 is 5.97 Å². The highest BCUT2D eigenvalue weighted by atomic mass is 16.7. The van der Waals surface area contributed by atoms with Crippen molar-refractivity contribution in [3.05, 3.63) is 0 Å². The average molecular weight is 819 g/mol. The molecule has 8 unspecified atom stereocenters. The van der Waals surface area contributed by atoms with E-state index in [1.807, 2.05) is 46.7 Å². The number of aliphatic hydroxyl groups is 5. The summed E-state index contributed by atoms with van der Waals surface area (Å²) in [6.07, 6.45) is -4.21. The van der Waals surface area contributed by atoms with Gasteiger partial charge in [0.1, 0.15) is 23.9 Å². The Hall–Kier alpha value is -1.01. The highest BCUT2D eigenvalue weighted by Gasteiger charge is 2.53. The zero-order valence-electron chi connectivity index (χ0n) is 37.6. The minimum Gasteiger partial charge on any atom is -0.459 e. The molecule has 14 nitrogen and oxygen atoms in total. The number of hydrogen-bond donors (Lipinski definition) is 6. The fourth-order valence-electron chi connectivity index (χ4n) is 9.81. The van der Waals surface area contributed by atoms with E-state index >= 15 is 0 Å². The first-order valence-electron chi connectivity index (χ1n) is 21.7. The zero-order chi connectivity index (χ0) is 43.2. The number of unbranched alkanes of at least 4 members (excludes halogenated alkanes) is 3. The number of carbonyl (C=O) groups excluding carboxylic acids is 1. The number of nitrogens with one attached hydrogen (secondary N) is 1. The molecule has 0 radical (unpaired) electrons. The van der Waals surface area contributed by atoms with Crippen LogP contribution in [0, 0.1) is 23.7 Å². The van der Waals surface area contributed by atoms with Gasteiger partial charge in [0.25, 0.3) is 0 Å². The number of hydrogen-bond acceptors (Lipinski definition) is 14. The third-order valence-electron chi connectivity index (χ3n) is 13.5. The van der Waals surface area contributed by atoms with Gasteiger partial charge in [-0.25, -0.2) is 0 Å². The van der Waals surface area contributed by atoms with Crippen molar-refractivity contribution in [1.82, 2.24) is 10.2 Å². The largest absolute Gasteiger partial charge is 0.459 e. The second-order valence-electron chi connectivity index (χ2n) is 18.8. The van der Waals surface area contributed by atoms with Gasteiger partial charge in [-0.1, -0.05) is 53.9 Å². The van der Waals surface area contributed by atoms with Crippen LogP contribution in [0.2, 0.25) is 0 Å². The summed E-state index contributed by atoms with van der Waals surface area (Å²) in [5, 5.41) is 63.1. The number of rotatable bonds is 13. The minimum atomic E-state index is -1.82. The molecule has 336 valence electrons. The highest BCUT2D eigenvalue weighted by Crippen LogP contribution is 2.41. The lowest BCUT2D eigenvalue weighted by molar-refractivity contribution is -0.318. The fourth-order valence-corrected chi connectivity index (χ4v) is 9.81. The first-order chi connectivity index (χ1) is 26.5. The van der Waals surface area contributed by atoms with Crippen LogP contribution in [0.25, 0.3) is 0 Å². The van der Waals surface area contributed by atoms with Crippen LogP contribution in [-0.4, -0.2) is 154 Å². The number of carbonyl (C=O) groups is 1. The molecule has 0 amide bonds. The first-order valence-corrected chi connectivity index (χ1v) is 21.7. The van der Waals surface area contributed by atoms with E-state index in [0.29, 0.717) is 13.0 Å². The van der Waals surface area contributed by atoms with Gasteiger partial charge in [-0.05, 0) is 93.8 Å². The Morgan fingerprint density at radius 2 is 1.53 bits per heavy atom. The standard InChI is InChI=1S/C43H82N2O12/c1-15-17-18-19-20-44-33-24(3)22-41(9,50)38(57-40-34(46)30(45(12)13)21-25(4)53-40)27(6)35(56-32-23-42(10,52-14)37(48)29(8)54-32)28(7)39(49)55-31(16-2)43(11,51)36(47)26(33)5/h24-38,40,44,46-48,50-51H,15-23H2,1-14H3/t24-,25?,26+,27+,28-,29?,30?,31-,32?,33+,34?,35+,36-,37?,38-,40?,41-,42?,43-/m1/s1. The average Bonchev–Trinajstić information content (AvgIpc) is 3.14. The fraction of sp³-hybridized carbons (Fsp3) is 0.977. The third-order valence-corrected chi connectivity index (χ3v) is 13.5. The van der Waals surface area contributed by atoms with Crippen molar-refractivity contribution in [3.63, 3.8) is 0 Å². The van der Waals surface area contributed by atoms with E-state index in [0.717, 1.165) is 25.7 Å². The Bertz CT molecular complexity index is 1220. The van der Waals surface area contributed by atoms with Gasteiger partial charge in [0.05, 0.1) is 47.6 Å². The van der Waals surface area contributed by atoms with E-state index in [9.17, 15) is 30.3 Å². The number of aliphatic hydroxyl groups excluding tert-OH is 3. The molecule has 3 heterocycles. The summed E-state index contributed by atoms with van der Waals surface area (Å²) < 4.78 is 37.9. The Labute approximate surface area is 343 Å². The van der Waals surface area contributed by atoms with Gasteiger partial charge in [0, 0.05) is 37.5 Å². The van der Waals surface area contributed by atoms with Crippen LogP contribution in [0.5, 0.6) is 0 Å². The molecule has 19 atom stereocenters. The van der Waals surface area contributed by atoms with Crippen LogP contribution in [0.3, 0.4) is 0 Å². The van der Waals surface area contributed by atoms with Crippen molar-refractivity contribution in [3.8, 4) is 0 Å². The van der Waals surface area contributed by atoms with Crippen LogP contribution >= 0.6 is 0 Å². The van der Waals surface area contributed by atoms with E-state index < -0.39 is 95.8 Å². The molecule has 0 aromatic rings. The summed E-state index contributed by atoms with van der Waals surface area (Å²) in [4.78, 5) is 16.3. The predicted octanol–water partition coefficient (Wildman–Crippen LogP) is 3.76. The van der Waals surface area contributed by atoms with Gasteiger partial charge in [0.2, 0.25) is 0 Å². The maximum Gasteiger partial charge on any atom is 0.311 e. The van der Waals surface area contributed by atoms with Crippen molar-refractivity contribution in [2.24, 2.45) is 23.7 Å². The Balaban J connectivity index is 2.20. The van der Waals surface area contributed by atoms with Crippen molar-refractivity contribution >= 4 is 5.97 Å². The second-order valence-corrected chi connectivity index (χ2v) is 18.8. The number of methoxy groups -OCH3 is 1. The molecule has 0 aromatic carbocycles. The second kappa shape index (κ2) is 21.2. The lowest BCUT2D eigenvalue weighted by atomic mass is 9.72. The third kappa shape index (κ3) is 12.1. The van der Waals surface area contributed by atoms with Gasteiger partial charge in [-0.3, -0.25) is 4.79 Å². The maximum atomic E-state index is 14.4. The molecule has 0 saturated carbocycles. The highest BCUT2D eigenvalue weighted by molar-refractivity contribution is 5.73. The van der Waals surface area contributed by atoms with E-state index in [1.54, 1.807) is 34.6 Å². The van der Waals surface area contributed by atoms with Crippen LogP contribution in [-0.2, 0) is 33.2 Å². The van der Waals surface area contributed by atoms with Crippen molar-refractivity contribution < 1.29 is 58.7 Å². The number of likely N-dealkylation sites (N-methyl/N-ethyl adjacent to an activating group) is 1. The number of ether oxygens (including phenoxy) is 6. The molecule has 57 heavy (non-hydrogen) atoms. The summed E-state index contributed by atoms with van der Waals surface area (Å²) in [5.41, 5.74) is -4.47. The van der Waals surface area contributed by atoms with E-state index in [-0.39, 0.29) is 43.4 Å². The van der Waals surface area contributed by atoms with E-state index in [1.165, 1.54) is 14.0 Å². The van der Waals surface area contributed by atoms with Crippen molar-refractivity contribution in [2.75, 3.05) is 27.7 Å². The summed E-state index contributed by atoms with van der Waals surface area (Å²) in [5.74, 6) is -3.25. The Kier molecular flexibility index (Phi) is 18.7. The Morgan fingerprint density at radius 1 is 0.877 bits per heavy atom. The molecule has 0 aliphatic carbocycles. The molecule has 3 rings (SSSR count). The topological polar surface area (TPSA) is 189 Å². The summed E-state index contributed by atoms with van der Waals surface area (Å²) in [6, 6.07) is -0.655. The first kappa shape index (κ1) is 50.3. The zero-order valence-corrected chi connectivity index (χ0v) is 37.6. The molecular formula is C43H82N2O12. The SMILES string of the molecule is CCCCCCN[C@@H]1[C@H](C)[C@@H](O)[C@](C)(O)[C@@H](CC)OC(=O)[C@H](C)[C@@H](OC2CC(C)(OC)C(O)C(C)O2)[C@H](C)[C@@H](OC2OC(C)CC(N(C)C)C2O)[C@](C)(O)C[C@H]1C. The molecule has 3 aliphatic rings. The Morgan fingerprint density at radius 3 is 2.11 bits per heavy atom. The van der Waals surface area contributed by atoms with Crippen molar-refractivity contribution in [2.45, 2.75) is 218 Å². The predicted molar refractivity (Wildman–Crippen MR) is 217 cm³/mol. The van der Waals surface area contributed by atoms with Gasteiger partial charge < -0.3 is 64.2 Å². The summed E-state index contributed by atoms with van der Waals surface area (Å²) in [6.45, 7) is 20.7. The molecule has 3 aliphatic heterocycles. The molecule has 0 bridgehead atoms.